The van der Waals surface area contributed by atoms with Gasteiger partial charge in [-0.3, -0.25) is 4.79 Å². The van der Waals surface area contributed by atoms with Crippen LogP contribution >= 0.6 is 0 Å². The summed E-state index contributed by atoms with van der Waals surface area (Å²) in [5.41, 5.74) is 1.80. The quantitative estimate of drug-likeness (QED) is 0.843. The highest BCUT2D eigenvalue weighted by Gasteiger charge is 2.33. The summed E-state index contributed by atoms with van der Waals surface area (Å²) in [5, 5.41) is 8.75. The maximum atomic E-state index is 12.5. The second-order valence-electron chi connectivity index (χ2n) is 6.15. The zero-order chi connectivity index (χ0) is 17.2. The summed E-state index contributed by atoms with van der Waals surface area (Å²) in [4.78, 5) is 10.9. The molecule has 0 unspecified atom stereocenters. The van der Waals surface area contributed by atoms with Crippen molar-refractivity contribution in [1.29, 1.82) is 0 Å². The van der Waals surface area contributed by atoms with Crippen molar-refractivity contribution in [2.75, 3.05) is 0 Å². The van der Waals surface area contributed by atoms with Gasteiger partial charge in [-0.05, 0) is 42.0 Å². The molecule has 0 amide bonds. The van der Waals surface area contributed by atoms with Crippen LogP contribution in [0.25, 0.3) is 11.1 Å². The minimum atomic E-state index is -3.60. The molecular formula is C18H19NO4S. The maximum absolute atomic E-state index is 12.5. The van der Waals surface area contributed by atoms with E-state index < -0.39 is 16.0 Å². The number of aliphatic carboxylic acids is 1. The highest BCUT2D eigenvalue weighted by molar-refractivity contribution is 7.89. The summed E-state index contributed by atoms with van der Waals surface area (Å²) in [6, 6.07) is 16.2. The molecule has 2 aromatic carbocycles. The molecule has 0 saturated heterocycles. The number of carboxylic acid groups (broad SMARTS) is 1. The van der Waals surface area contributed by atoms with Gasteiger partial charge in [0.05, 0.1) is 4.90 Å². The monoisotopic (exact) mass is 345 g/mol. The predicted molar refractivity (Wildman–Crippen MR) is 91.0 cm³/mol. The van der Waals surface area contributed by atoms with Gasteiger partial charge in [0, 0.05) is 12.5 Å². The lowest BCUT2D eigenvalue weighted by atomic mass is 9.79. The van der Waals surface area contributed by atoms with Gasteiger partial charge in [0.2, 0.25) is 10.0 Å². The Balaban J connectivity index is 1.71. The molecular weight excluding hydrogens is 326 g/mol. The van der Waals surface area contributed by atoms with Gasteiger partial charge in [-0.15, -0.1) is 0 Å². The van der Waals surface area contributed by atoms with E-state index in [1.54, 1.807) is 18.2 Å². The molecule has 2 N–H and O–H groups in total. The Bertz CT molecular complexity index is 827. The van der Waals surface area contributed by atoms with Gasteiger partial charge in [0.1, 0.15) is 0 Å². The van der Waals surface area contributed by atoms with E-state index in [-0.39, 0.29) is 23.3 Å². The zero-order valence-corrected chi connectivity index (χ0v) is 13.9. The van der Waals surface area contributed by atoms with E-state index in [1.807, 2.05) is 36.4 Å². The fourth-order valence-electron chi connectivity index (χ4n) is 3.01. The van der Waals surface area contributed by atoms with Crippen LogP contribution in [0.1, 0.15) is 19.3 Å². The SMILES string of the molecule is O=C(O)CC1CC(NS(=O)(=O)c2cccc(-c3ccccc3)c2)C1. The number of carbonyl (C=O) groups is 1. The molecule has 1 fully saturated rings. The van der Waals surface area contributed by atoms with Crippen LogP contribution in [0.15, 0.2) is 59.5 Å². The Morgan fingerprint density at radius 1 is 1.04 bits per heavy atom. The standard InChI is InChI=1S/C18H19NO4S/c20-18(21)11-13-9-16(10-13)19-24(22,23)17-8-4-7-15(12-17)14-5-2-1-3-6-14/h1-8,12-13,16,19H,9-11H2,(H,20,21). The molecule has 0 spiro atoms. The van der Waals surface area contributed by atoms with Crippen molar-refractivity contribution in [3.63, 3.8) is 0 Å². The van der Waals surface area contributed by atoms with E-state index in [1.165, 1.54) is 0 Å². The summed E-state index contributed by atoms with van der Waals surface area (Å²) in [6.45, 7) is 0. The second kappa shape index (κ2) is 6.75. The number of benzene rings is 2. The first kappa shape index (κ1) is 16.7. The summed E-state index contributed by atoms with van der Waals surface area (Å²) >= 11 is 0. The molecule has 0 atom stereocenters. The van der Waals surface area contributed by atoms with Crippen molar-refractivity contribution in [3.05, 3.63) is 54.6 Å². The van der Waals surface area contributed by atoms with Gasteiger partial charge in [-0.1, -0.05) is 42.5 Å². The van der Waals surface area contributed by atoms with E-state index in [4.69, 9.17) is 5.11 Å². The number of rotatable bonds is 6. The first-order chi connectivity index (χ1) is 11.4. The van der Waals surface area contributed by atoms with Crippen LogP contribution in [-0.2, 0) is 14.8 Å². The molecule has 1 aliphatic carbocycles. The number of nitrogens with one attached hydrogen (secondary N) is 1. The molecule has 0 radical (unpaired) electrons. The smallest absolute Gasteiger partial charge is 0.303 e. The molecule has 0 heterocycles. The van der Waals surface area contributed by atoms with Crippen molar-refractivity contribution in [2.45, 2.75) is 30.2 Å². The minimum absolute atomic E-state index is 0.0610. The topological polar surface area (TPSA) is 83.5 Å². The molecule has 1 aliphatic rings. The lowest BCUT2D eigenvalue weighted by Crippen LogP contribution is -2.44. The number of carboxylic acids is 1. The third kappa shape index (κ3) is 3.83. The van der Waals surface area contributed by atoms with Gasteiger partial charge in [0.25, 0.3) is 0 Å². The van der Waals surface area contributed by atoms with Crippen LogP contribution in [-0.4, -0.2) is 25.5 Å². The van der Waals surface area contributed by atoms with Crippen molar-refractivity contribution in [1.82, 2.24) is 4.72 Å². The summed E-state index contributed by atoms with van der Waals surface area (Å²) < 4.78 is 27.7. The average Bonchev–Trinajstić information content (AvgIpc) is 2.53. The van der Waals surface area contributed by atoms with Crippen molar-refractivity contribution in [3.8, 4) is 11.1 Å². The predicted octanol–water partition coefficient (Wildman–Crippen LogP) is 2.89. The molecule has 0 aliphatic heterocycles. The largest absolute Gasteiger partial charge is 0.481 e. The molecule has 1 saturated carbocycles. The van der Waals surface area contributed by atoms with E-state index in [0.717, 1.165) is 11.1 Å². The summed E-state index contributed by atoms with van der Waals surface area (Å²) in [6.07, 6.45) is 1.25. The zero-order valence-electron chi connectivity index (χ0n) is 13.1. The van der Waals surface area contributed by atoms with Gasteiger partial charge in [0.15, 0.2) is 0 Å². The Morgan fingerprint density at radius 2 is 1.71 bits per heavy atom. The van der Waals surface area contributed by atoms with Crippen LogP contribution in [0.3, 0.4) is 0 Å². The van der Waals surface area contributed by atoms with E-state index in [0.29, 0.717) is 12.8 Å². The Hall–Kier alpha value is -2.18. The maximum Gasteiger partial charge on any atom is 0.303 e. The lowest BCUT2D eigenvalue weighted by molar-refractivity contribution is -0.138. The van der Waals surface area contributed by atoms with Crippen molar-refractivity contribution < 1.29 is 18.3 Å². The molecule has 3 rings (SSSR count). The van der Waals surface area contributed by atoms with Gasteiger partial charge in [-0.2, -0.15) is 0 Å². The molecule has 6 heteroatoms. The molecule has 5 nitrogen and oxygen atoms in total. The Kier molecular flexibility index (Phi) is 4.69. The summed E-state index contributed by atoms with van der Waals surface area (Å²) in [5.74, 6) is -0.775. The van der Waals surface area contributed by atoms with Gasteiger partial charge in [-0.25, -0.2) is 13.1 Å². The van der Waals surface area contributed by atoms with Crippen molar-refractivity contribution >= 4 is 16.0 Å². The third-order valence-corrected chi connectivity index (χ3v) is 5.79. The highest BCUT2D eigenvalue weighted by atomic mass is 32.2. The van der Waals surface area contributed by atoms with Gasteiger partial charge >= 0.3 is 5.97 Å². The van der Waals surface area contributed by atoms with Crippen molar-refractivity contribution in [2.24, 2.45) is 5.92 Å². The van der Waals surface area contributed by atoms with Crippen LogP contribution in [0.2, 0.25) is 0 Å². The number of hydrogen-bond acceptors (Lipinski definition) is 3. The average molecular weight is 345 g/mol. The second-order valence-corrected chi connectivity index (χ2v) is 7.86. The first-order valence-corrected chi connectivity index (χ1v) is 9.32. The molecule has 2 aromatic rings. The first-order valence-electron chi connectivity index (χ1n) is 7.83. The fourth-order valence-corrected chi connectivity index (χ4v) is 4.31. The van der Waals surface area contributed by atoms with E-state index in [2.05, 4.69) is 4.72 Å². The van der Waals surface area contributed by atoms with E-state index in [9.17, 15) is 13.2 Å². The molecule has 0 bridgehead atoms. The normalized spacial score (nSPS) is 20.3. The molecule has 126 valence electrons. The van der Waals surface area contributed by atoms with Crippen LogP contribution in [0.5, 0.6) is 0 Å². The fraction of sp³-hybridized carbons (Fsp3) is 0.278. The van der Waals surface area contributed by atoms with Crippen LogP contribution in [0.4, 0.5) is 0 Å². The number of sulfonamides is 1. The van der Waals surface area contributed by atoms with Crippen LogP contribution < -0.4 is 4.72 Å². The summed E-state index contributed by atoms with van der Waals surface area (Å²) in [7, 11) is -3.60. The van der Waals surface area contributed by atoms with Gasteiger partial charge < -0.3 is 5.11 Å². The highest BCUT2D eigenvalue weighted by Crippen LogP contribution is 2.31. The minimum Gasteiger partial charge on any atom is -0.481 e. The lowest BCUT2D eigenvalue weighted by Gasteiger charge is -2.34. The van der Waals surface area contributed by atoms with Crippen LogP contribution in [0, 0.1) is 5.92 Å². The Morgan fingerprint density at radius 3 is 2.38 bits per heavy atom. The third-order valence-electron chi connectivity index (χ3n) is 4.27. The molecule has 24 heavy (non-hydrogen) atoms. The Labute approximate surface area is 141 Å². The molecule has 0 aromatic heterocycles. The number of hydrogen-bond donors (Lipinski definition) is 2. The van der Waals surface area contributed by atoms with E-state index >= 15 is 0 Å².